The Balaban J connectivity index is 1.85. The molecule has 0 saturated carbocycles. The van der Waals surface area contributed by atoms with Gasteiger partial charge in [0.15, 0.2) is 11.4 Å². The van der Waals surface area contributed by atoms with Gasteiger partial charge in [0.05, 0.1) is 11.1 Å². The molecule has 3 heterocycles. The topological polar surface area (TPSA) is 78.6 Å². The van der Waals surface area contributed by atoms with Gasteiger partial charge < -0.3 is 0 Å². The lowest BCUT2D eigenvalue weighted by Crippen LogP contribution is -2.19. The van der Waals surface area contributed by atoms with E-state index in [9.17, 15) is 9.59 Å². The lowest BCUT2D eigenvalue weighted by Gasteiger charge is -2.21. The maximum absolute atomic E-state index is 12.3. The van der Waals surface area contributed by atoms with Gasteiger partial charge in [-0.25, -0.2) is 4.98 Å². The monoisotopic (exact) mass is 285 g/mol. The van der Waals surface area contributed by atoms with Gasteiger partial charge in [0.25, 0.3) is 5.56 Å². The molecule has 0 aromatic carbocycles. The second-order valence-corrected chi connectivity index (χ2v) is 5.98. The summed E-state index contributed by atoms with van der Waals surface area (Å²) in [5, 5.41) is 7.72. The van der Waals surface area contributed by atoms with Gasteiger partial charge in [0.2, 0.25) is 0 Å². The molecule has 1 atom stereocenters. The average Bonchev–Trinajstić information content (AvgIpc) is 3.08. The van der Waals surface area contributed by atoms with Crippen molar-refractivity contribution in [1.82, 2.24) is 15.2 Å². The van der Waals surface area contributed by atoms with E-state index in [4.69, 9.17) is 0 Å². The van der Waals surface area contributed by atoms with E-state index in [0.717, 1.165) is 12.1 Å². The Bertz CT molecular complexity index is 860. The molecule has 0 bridgehead atoms. The minimum absolute atomic E-state index is 0.0691. The van der Waals surface area contributed by atoms with Crippen LogP contribution in [-0.2, 0) is 6.42 Å². The van der Waals surface area contributed by atoms with Crippen molar-refractivity contribution in [1.29, 1.82) is 0 Å². The maximum Gasteiger partial charge on any atom is 0.273 e. The number of aromatic amines is 2. The summed E-state index contributed by atoms with van der Waals surface area (Å²) >= 11 is 1.67. The molecule has 0 spiro atoms. The van der Waals surface area contributed by atoms with Gasteiger partial charge in [-0.05, 0) is 23.9 Å². The highest BCUT2D eigenvalue weighted by Gasteiger charge is 2.28. The first-order valence-electron chi connectivity index (χ1n) is 6.39. The highest BCUT2D eigenvalue weighted by atomic mass is 32.1. The highest BCUT2D eigenvalue weighted by molar-refractivity contribution is 7.10. The van der Waals surface area contributed by atoms with E-state index in [1.165, 1.54) is 4.88 Å². The number of thiophene rings is 1. The van der Waals surface area contributed by atoms with E-state index in [1.54, 1.807) is 17.4 Å². The van der Waals surface area contributed by atoms with Crippen molar-refractivity contribution in [2.24, 2.45) is 0 Å². The molecule has 5 nitrogen and oxygen atoms in total. The number of nitrogens with one attached hydrogen (secondary N) is 2. The minimum atomic E-state index is -0.233. The number of aromatic nitrogens is 3. The lowest BCUT2D eigenvalue weighted by atomic mass is 9.85. The smallest absolute Gasteiger partial charge is 0.273 e. The molecule has 1 aliphatic carbocycles. The number of carbonyl (C=O) groups excluding carboxylic acids is 1. The number of fused-ring (bicyclic) bond motifs is 2. The van der Waals surface area contributed by atoms with Crippen LogP contribution in [0, 0.1) is 0 Å². The van der Waals surface area contributed by atoms with Gasteiger partial charge in [-0.3, -0.25) is 19.8 Å². The first-order valence-corrected chi connectivity index (χ1v) is 7.27. The number of H-pyrrole nitrogens is 2. The normalized spacial score (nSPS) is 18.4. The number of rotatable bonds is 1. The van der Waals surface area contributed by atoms with E-state index in [1.807, 2.05) is 11.4 Å². The quantitative estimate of drug-likeness (QED) is 0.719. The van der Waals surface area contributed by atoms with Crippen LogP contribution in [0.15, 0.2) is 28.4 Å². The largest absolute Gasteiger partial charge is 0.294 e. The van der Waals surface area contributed by atoms with Gasteiger partial charge in [-0.15, -0.1) is 11.3 Å². The molecule has 3 aromatic heterocycles. The third kappa shape index (κ3) is 1.65. The zero-order valence-corrected chi connectivity index (χ0v) is 11.3. The molecular weight excluding hydrogens is 274 g/mol. The zero-order valence-electron chi connectivity index (χ0n) is 10.5. The molecule has 3 aromatic rings. The molecule has 0 fully saturated rings. The van der Waals surface area contributed by atoms with Crippen LogP contribution < -0.4 is 5.56 Å². The summed E-state index contributed by atoms with van der Waals surface area (Å²) in [7, 11) is 0. The summed E-state index contributed by atoms with van der Waals surface area (Å²) in [6, 6.07) is 5.73. The summed E-state index contributed by atoms with van der Waals surface area (Å²) in [4.78, 5) is 29.6. The Morgan fingerprint density at radius 2 is 2.15 bits per heavy atom. The van der Waals surface area contributed by atoms with Crippen molar-refractivity contribution in [3.63, 3.8) is 0 Å². The molecule has 4 rings (SSSR count). The number of hydrogen-bond acceptors (Lipinski definition) is 4. The second kappa shape index (κ2) is 4.14. The highest BCUT2D eigenvalue weighted by Crippen LogP contribution is 2.34. The first kappa shape index (κ1) is 11.6. The SMILES string of the molecule is O=C1C[C@H](c2cccs2)Cc2nc3[nH][nH]c(=O)c3cc21. The van der Waals surface area contributed by atoms with Crippen LogP contribution in [0.2, 0.25) is 0 Å². The number of Topliss-reactive ketones (excluding diaryl/α,β-unsaturated/α-hetero) is 1. The number of ketones is 1. The van der Waals surface area contributed by atoms with E-state index >= 15 is 0 Å². The fourth-order valence-electron chi connectivity index (χ4n) is 2.76. The summed E-state index contributed by atoms with van der Waals surface area (Å²) in [5.41, 5.74) is 1.66. The van der Waals surface area contributed by atoms with Crippen molar-refractivity contribution >= 4 is 28.2 Å². The van der Waals surface area contributed by atoms with Crippen LogP contribution in [0.4, 0.5) is 0 Å². The van der Waals surface area contributed by atoms with Crippen molar-refractivity contribution in [3.8, 4) is 0 Å². The van der Waals surface area contributed by atoms with Gasteiger partial charge in [0, 0.05) is 22.8 Å². The van der Waals surface area contributed by atoms with E-state index in [2.05, 4.69) is 21.2 Å². The van der Waals surface area contributed by atoms with Crippen LogP contribution in [0.1, 0.15) is 33.3 Å². The fraction of sp³-hybridized carbons (Fsp3) is 0.214. The van der Waals surface area contributed by atoms with Gasteiger partial charge in [-0.1, -0.05) is 6.07 Å². The Labute approximate surface area is 117 Å². The predicted octanol–water partition coefficient (Wildman–Crippen LogP) is 2.23. The third-order valence-corrected chi connectivity index (χ3v) is 4.79. The lowest BCUT2D eigenvalue weighted by molar-refractivity contribution is 0.0964. The van der Waals surface area contributed by atoms with E-state index < -0.39 is 0 Å². The number of hydrogen-bond donors (Lipinski definition) is 2. The van der Waals surface area contributed by atoms with Gasteiger partial charge >= 0.3 is 0 Å². The van der Waals surface area contributed by atoms with Crippen molar-refractivity contribution in [2.45, 2.75) is 18.8 Å². The average molecular weight is 285 g/mol. The number of nitrogens with zero attached hydrogens (tertiary/aromatic N) is 1. The Hall–Kier alpha value is -2.21. The second-order valence-electron chi connectivity index (χ2n) is 5.00. The molecule has 0 amide bonds. The fourth-order valence-corrected chi connectivity index (χ4v) is 3.59. The molecular formula is C14H11N3O2S. The van der Waals surface area contributed by atoms with E-state index in [-0.39, 0.29) is 17.3 Å². The van der Waals surface area contributed by atoms with Gasteiger partial charge in [-0.2, -0.15) is 0 Å². The molecule has 0 aliphatic heterocycles. The zero-order chi connectivity index (χ0) is 13.7. The third-order valence-electron chi connectivity index (χ3n) is 3.76. The van der Waals surface area contributed by atoms with Crippen molar-refractivity contribution < 1.29 is 4.79 Å². The molecule has 0 unspecified atom stereocenters. The Kier molecular flexibility index (Phi) is 2.40. The molecule has 0 radical (unpaired) electrons. The predicted molar refractivity (Wildman–Crippen MR) is 76.4 cm³/mol. The summed E-state index contributed by atoms with van der Waals surface area (Å²) < 4.78 is 0. The summed E-state index contributed by atoms with van der Waals surface area (Å²) in [6.07, 6.45) is 1.23. The Morgan fingerprint density at radius 3 is 2.95 bits per heavy atom. The summed E-state index contributed by atoms with van der Waals surface area (Å²) in [6.45, 7) is 0. The van der Waals surface area contributed by atoms with Crippen LogP contribution in [0.3, 0.4) is 0 Å². The molecule has 1 aliphatic rings. The number of carbonyl (C=O) groups is 1. The van der Waals surface area contributed by atoms with Crippen LogP contribution in [-0.4, -0.2) is 21.0 Å². The molecule has 2 N–H and O–H groups in total. The molecule has 6 heteroatoms. The van der Waals surface area contributed by atoms with Crippen molar-refractivity contribution in [3.05, 3.63) is 50.1 Å². The minimum Gasteiger partial charge on any atom is -0.294 e. The van der Waals surface area contributed by atoms with Gasteiger partial charge in [0.1, 0.15) is 0 Å². The molecule has 0 saturated heterocycles. The Morgan fingerprint density at radius 1 is 1.25 bits per heavy atom. The summed E-state index contributed by atoms with van der Waals surface area (Å²) in [5.74, 6) is 0.269. The van der Waals surface area contributed by atoms with E-state index in [0.29, 0.717) is 23.0 Å². The van der Waals surface area contributed by atoms with Crippen LogP contribution in [0.25, 0.3) is 11.0 Å². The van der Waals surface area contributed by atoms with Crippen LogP contribution >= 0.6 is 11.3 Å². The van der Waals surface area contributed by atoms with Crippen molar-refractivity contribution in [2.75, 3.05) is 0 Å². The standard InChI is InChI=1S/C14H11N3O2S/c18-11-5-7(12-2-1-3-20-12)4-10-8(11)6-9-13(15-10)16-17-14(9)19/h1-3,6-7H,4-5H2,(H2,15,16,17,19)/t7-/m1/s1. The maximum atomic E-state index is 12.3. The van der Waals surface area contributed by atoms with Crippen LogP contribution in [0.5, 0.6) is 0 Å². The molecule has 100 valence electrons. The first-order chi connectivity index (χ1) is 9.72. The number of pyridine rings is 1. The molecule has 20 heavy (non-hydrogen) atoms.